The minimum absolute atomic E-state index is 0.0591. The third-order valence-corrected chi connectivity index (χ3v) is 5.48. The summed E-state index contributed by atoms with van der Waals surface area (Å²) in [7, 11) is 0. The summed E-state index contributed by atoms with van der Waals surface area (Å²) in [5, 5.41) is 10.9. The van der Waals surface area contributed by atoms with Crippen molar-refractivity contribution in [3.05, 3.63) is 0 Å². The Bertz CT molecular complexity index is 371. The lowest BCUT2D eigenvalue weighted by molar-refractivity contribution is -0.196. The maximum absolute atomic E-state index is 11.8. The van der Waals surface area contributed by atoms with E-state index >= 15 is 0 Å². The van der Waals surface area contributed by atoms with Crippen molar-refractivity contribution in [3.8, 4) is 0 Å². The van der Waals surface area contributed by atoms with Crippen molar-refractivity contribution in [2.45, 2.75) is 46.6 Å². The lowest BCUT2D eigenvalue weighted by atomic mass is 9.59. The van der Waals surface area contributed by atoms with Crippen molar-refractivity contribution >= 4 is 11.8 Å². The van der Waals surface area contributed by atoms with Crippen molar-refractivity contribution in [3.63, 3.8) is 0 Å². The second-order valence-electron chi connectivity index (χ2n) is 6.58. The van der Waals surface area contributed by atoms with Crippen LogP contribution in [-0.2, 0) is 9.59 Å². The lowest BCUT2D eigenvalue weighted by Crippen LogP contribution is -2.72. The predicted molar refractivity (Wildman–Crippen MR) is 76.0 cm³/mol. The van der Waals surface area contributed by atoms with Gasteiger partial charge in [-0.3, -0.25) is 9.59 Å². The zero-order valence-electron chi connectivity index (χ0n) is 13.0. The van der Waals surface area contributed by atoms with E-state index in [-0.39, 0.29) is 22.6 Å². The highest BCUT2D eigenvalue weighted by atomic mass is 16.3. The quantitative estimate of drug-likeness (QED) is 0.817. The molecular formula is C15H26N2O3. The topological polar surface area (TPSA) is 60.9 Å². The number of likely N-dealkylation sites (tertiary alicyclic amines) is 2. The fourth-order valence-corrected chi connectivity index (χ4v) is 4.01. The molecule has 0 aromatic heterocycles. The van der Waals surface area contributed by atoms with Crippen LogP contribution < -0.4 is 0 Å². The molecule has 2 bridgehead atoms. The number of carbonyl (C=O) groups is 2. The van der Waals surface area contributed by atoms with Crippen molar-refractivity contribution in [2.75, 3.05) is 26.2 Å². The first-order valence-corrected chi connectivity index (χ1v) is 7.49. The summed E-state index contributed by atoms with van der Waals surface area (Å²) in [6.07, 6.45) is 1.09. The Kier molecular flexibility index (Phi) is 3.84. The number of fused-ring (bicyclic) bond motifs is 2. The first-order valence-electron chi connectivity index (χ1n) is 7.49. The zero-order chi connectivity index (χ0) is 15.1. The average Bonchev–Trinajstić information content (AvgIpc) is 2.38. The van der Waals surface area contributed by atoms with Crippen LogP contribution in [0.4, 0.5) is 0 Å². The number of rotatable bonds is 2. The highest BCUT2D eigenvalue weighted by Gasteiger charge is 2.59. The molecule has 2 saturated heterocycles. The summed E-state index contributed by atoms with van der Waals surface area (Å²) < 4.78 is 0. The van der Waals surface area contributed by atoms with Gasteiger partial charge in [0.05, 0.1) is 6.10 Å². The van der Waals surface area contributed by atoms with Crippen molar-refractivity contribution < 1.29 is 14.7 Å². The standard InChI is InChI=1S/C15H26N2O3/c1-5-14-7-16(11(3)18)9-15(6-2,13(14)20)10-17(8-14)12(4)19/h13,20H,5-10H2,1-4H3. The average molecular weight is 282 g/mol. The van der Waals surface area contributed by atoms with Crippen LogP contribution in [0, 0.1) is 10.8 Å². The maximum atomic E-state index is 11.8. The van der Waals surface area contributed by atoms with Gasteiger partial charge in [0.2, 0.25) is 11.8 Å². The molecule has 0 aromatic carbocycles. The van der Waals surface area contributed by atoms with E-state index < -0.39 is 6.10 Å². The van der Waals surface area contributed by atoms with Crippen LogP contribution in [0.15, 0.2) is 0 Å². The molecule has 0 unspecified atom stereocenters. The van der Waals surface area contributed by atoms with Gasteiger partial charge in [-0.2, -0.15) is 0 Å². The number of piperidine rings is 2. The molecule has 0 spiro atoms. The van der Waals surface area contributed by atoms with Gasteiger partial charge in [0, 0.05) is 50.9 Å². The Morgan fingerprint density at radius 1 is 0.950 bits per heavy atom. The van der Waals surface area contributed by atoms with E-state index in [9.17, 15) is 14.7 Å². The highest BCUT2D eigenvalue weighted by Crippen LogP contribution is 2.49. The molecule has 5 heteroatoms. The molecule has 2 aliphatic heterocycles. The second kappa shape index (κ2) is 5.02. The van der Waals surface area contributed by atoms with Crippen molar-refractivity contribution in [1.82, 2.24) is 9.80 Å². The Hall–Kier alpha value is -1.10. The summed E-state index contributed by atoms with van der Waals surface area (Å²) in [4.78, 5) is 27.4. The summed E-state index contributed by atoms with van der Waals surface area (Å²) in [5.74, 6) is 0.118. The molecule has 0 radical (unpaired) electrons. The molecule has 2 heterocycles. The number of nitrogens with zero attached hydrogens (tertiary/aromatic N) is 2. The maximum Gasteiger partial charge on any atom is 0.219 e. The number of amides is 2. The molecular weight excluding hydrogens is 256 g/mol. The first kappa shape index (κ1) is 15.3. The van der Waals surface area contributed by atoms with Gasteiger partial charge in [-0.15, -0.1) is 0 Å². The fourth-order valence-electron chi connectivity index (χ4n) is 4.01. The molecule has 2 rings (SSSR count). The van der Waals surface area contributed by atoms with Gasteiger partial charge in [0.1, 0.15) is 0 Å². The van der Waals surface area contributed by atoms with Crippen LogP contribution in [0.2, 0.25) is 0 Å². The molecule has 20 heavy (non-hydrogen) atoms. The number of carbonyl (C=O) groups excluding carboxylic acids is 2. The molecule has 1 N–H and O–H groups in total. The zero-order valence-corrected chi connectivity index (χ0v) is 13.0. The molecule has 0 aliphatic carbocycles. The minimum Gasteiger partial charge on any atom is -0.392 e. The van der Waals surface area contributed by atoms with Gasteiger partial charge >= 0.3 is 0 Å². The molecule has 0 saturated carbocycles. The van der Waals surface area contributed by atoms with Gasteiger partial charge in [0.25, 0.3) is 0 Å². The predicted octanol–water partition coefficient (Wildman–Crippen LogP) is 0.864. The Balaban J connectivity index is 2.44. The van der Waals surface area contributed by atoms with Crippen LogP contribution in [0.3, 0.4) is 0 Å². The molecule has 0 atom stereocenters. The molecule has 114 valence electrons. The Morgan fingerprint density at radius 3 is 1.45 bits per heavy atom. The smallest absolute Gasteiger partial charge is 0.219 e. The van der Waals surface area contributed by atoms with E-state index in [2.05, 4.69) is 0 Å². The molecule has 5 nitrogen and oxygen atoms in total. The van der Waals surface area contributed by atoms with E-state index in [1.54, 1.807) is 13.8 Å². The number of aliphatic hydroxyl groups is 1. The van der Waals surface area contributed by atoms with E-state index in [4.69, 9.17) is 0 Å². The van der Waals surface area contributed by atoms with E-state index in [1.807, 2.05) is 23.6 Å². The number of aliphatic hydroxyl groups excluding tert-OH is 1. The molecule has 2 aliphatic rings. The molecule has 0 aromatic rings. The van der Waals surface area contributed by atoms with E-state index in [1.165, 1.54) is 0 Å². The minimum atomic E-state index is -0.448. The summed E-state index contributed by atoms with van der Waals surface area (Å²) >= 11 is 0. The van der Waals surface area contributed by atoms with Crippen LogP contribution in [0.5, 0.6) is 0 Å². The SMILES string of the molecule is CCC12CN(C(C)=O)CC(CC)(CN(C(C)=O)C1)C2O. The third-order valence-electron chi connectivity index (χ3n) is 5.48. The van der Waals surface area contributed by atoms with Crippen LogP contribution >= 0.6 is 0 Å². The summed E-state index contributed by atoms with van der Waals surface area (Å²) in [5.41, 5.74) is -0.770. The van der Waals surface area contributed by atoms with Crippen molar-refractivity contribution in [2.24, 2.45) is 10.8 Å². The van der Waals surface area contributed by atoms with Crippen LogP contribution in [0.1, 0.15) is 40.5 Å². The Morgan fingerprint density at radius 2 is 1.25 bits per heavy atom. The van der Waals surface area contributed by atoms with Gasteiger partial charge in [0.15, 0.2) is 0 Å². The fraction of sp³-hybridized carbons (Fsp3) is 0.867. The first-order chi connectivity index (χ1) is 9.30. The van der Waals surface area contributed by atoms with Crippen LogP contribution in [0.25, 0.3) is 0 Å². The summed E-state index contributed by atoms with van der Waals surface area (Å²) in [6.45, 7) is 9.44. The Labute approximate surface area is 120 Å². The lowest BCUT2D eigenvalue weighted by Gasteiger charge is -2.61. The number of hydrogen-bond acceptors (Lipinski definition) is 3. The van der Waals surface area contributed by atoms with E-state index in [0.717, 1.165) is 12.8 Å². The highest BCUT2D eigenvalue weighted by molar-refractivity contribution is 5.75. The van der Waals surface area contributed by atoms with E-state index in [0.29, 0.717) is 26.2 Å². The van der Waals surface area contributed by atoms with Gasteiger partial charge in [-0.05, 0) is 12.8 Å². The summed E-state index contributed by atoms with van der Waals surface area (Å²) in [6, 6.07) is 0. The largest absolute Gasteiger partial charge is 0.392 e. The normalized spacial score (nSPS) is 37.0. The second-order valence-corrected chi connectivity index (χ2v) is 6.58. The molecule has 2 amide bonds. The number of hydrogen-bond donors (Lipinski definition) is 1. The van der Waals surface area contributed by atoms with Gasteiger partial charge in [-0.25, -0.2) is 0 Å². The monoisotopic (exact) mass is 282 g/mol. The molecule has 2 fully saturated rings. The van der Waals surface area contributed by atoms with Gasteiger partial charge < -0.3 is 14.9 Å². The van der Waals surface area contributed by atoms with Gasteiger partial charge in [-0.1, -0.05) is 13.8 Å². The van der Waals surface area contributed by atoms with Crippen LogP contribution in [-0.4, -0.2) is 59.0 Å². The third kappa shape index (κ3) is 2.12. The van der Waals surface area contributed by atoms with Crippen molar-refractivity contribution in [1.29, 1.82) is 0 Å².